The van der Waals surface area contributed by atoms with Crippen LogP contribution in [0, 0.1) is 13.8 Å². The molecule has 2 amide bonds. The second-order valence-corrected chi connectivity index (χ2v) is 13.1. The van der Waals surface area contributed by atoms with Gasteiger partial charge in [0.15, 0.2) is 11.5 Å². The predicted molar refractivity (Wildman–Crippen MR) is 170 cm³/mol. The number of nitrogens with one attached hydrogen (secondary N) is 1. The number of halogens is 2. The molecule has 0 radical (unpaired) electrons. The van der Waals surface area contributed by atoms with E-state index in [0.717, 1.165) is 15.4 Å². The highest BCUT2D eigenvalue weighted by molar-refractivity contribution is 7.92. The lowest BCUT2D eigenvalue weighted by atomic mass is 10.1. The maximum Gasteiger partial charge on any atom is 0.264 e. The molecule has 0 aromatic heterocycles. The van der Waals surface area contributed by atoms with Crippen LogP contribution in [0.25, 0.3) is 0 Å². The van der Waals surface area contributed by atoms with Crippen molar-refractivity contribution in [1.82, 2.24) is 10.2 Å². The molecule has 9 nitrogen and oxygen atoms in total. The number of aryl methyl sites for hydroxylation is 2. The van der Waals surface area contributed by atoms with E-state index in [1.54, 1.807) is 51.1 Å². The normalized spacial score (nSPS) is 12.0. The number of ether oxygens (including phenoxy) is 2. The maximum atomic E-state index is 14.2. The van der Waals surface area contributed by atoms with Gasteiger partial charge >= 0.3 is 0 Å². The lowest BCUT2D eigenvalue weighted by Gasteiger charge is -2.33. The third-order valence-electron chi connectivity index (χ3n) is 6.70. The number of sulfonamides is 1. The minimum Gasteiger partial charge on any atom is -0.493 e. The number of hydrogen-bond donors (Lipinski definition) is 1. The molecule has 1 N–H and O–H groups in total. The van der Waals surface area contributed by atoms with Gasteiger partial charge in [0.25, 0.3) is 10.0 Å². The van der Waals surface area contributed by atoms with Gasteiger partial charge in [0.1, 0.15) is 12.6 Å². The van der Waals surface area contributed by atoms with Crippen LogP contribution in [-0.4, -0.2) is 58.0 Å². The molecular weight excluding hydrogens is 613 g/mol. The van der Waals surface area contributed by atoms with Gasteiger partial charge in [-0.05, 0) is 82.1 Å². The molecule has 0 saturated heterocycles. The highest BCUT2D eigenvalue weighted by atomic mass is 35.5. The Morgan fingerprint density at radius 3 is 2.00 bits per heavy atom. The van der Waals surface area contributed by atoms with Crippen LogP contribution in [-0.2, 0) is 26.2 Å². The van der Waals surface area contributed by atoms with Crippen molar-refractivity contribution in [2.24, 2.45) is 0 Å². The van der Waals surface area contributed by atoms with Crippen molar-refractivity contribution in [3.8, 4) is 11.5 Å². The molecule has 0 saturated carbocycles. The van der Waals surface area contributed by atoms with Gasteiger partial charge in [-0.25, -0.2) is 8.42 Å². The first-order valence-corrected chi connectivity index (χ1v) is 15.7. The van der Waals surface area contributed by atoms with Crippen molar-refractivity contribution in [3.63, 3.8) is 0 Å². The molecule has 1 atom stereocenters. The summed E-state index contributed by atoms with van der Waals surface area (Å²) in [4.78, 5) is 28.5. The second kappa shape index (κ2) is 14.3. The number of amides is 2. The number of methoxy groups -OCH3 is 2. The Morgan fingerprint density at radius 1 is 0.884 bits per heavy atom. The fourth-order valence-corrected chi connectivity index (χ4v) is 6.50. The van der Waals surface area contributed by atoms with Crippen LogP contribution in [0.15, 0.2) is 59.5 Å². The minimum atomic E-state index is -4.33. The molecule has 232 valence electrons. The first-order valence-electron chi connectivity index (χ1n) is 13.5. The van der Waals surface area contributed by atoms with E-state index in [4.69, 9.17) is 32.7 Å². The first-order chi connectivity index (χ1) is 20.2. The van der Waals surface area contributed by atoms with Crippen LogP contribution in [0.1, 0.15) is 37.5 Å². The molecule has 0 fully saturated rings. The lowest BCUT2D eigenvalue weighted by molar-refractivity contribution is -0.139. The number of carbonyl (C=O) groups excluding carboxylic acids is 2. The topological polar surface area (TPSA) is 105 Å². The van der Waals surface area contributed by atoms with Gasteiger partial charge in [-0.2, -0.15) is 0 Å². The minimum absolute atomic E-state index is 0.108. The Morgan fingerprint density at radius 2 is 1.47 bits per heavy atom. The quantitative estimate of drug-likeness (QED) is 0.267. The summed E-state index contributed by atoms with van der Waals surface area (Å²) in [5, 5.41) is 3.44. The van der Waals surface area contributed by atoms with Crippen LogP contribution in [0.4, 0.5) is 5.69 Å². The number of benzene rings is 3. The van der Waals surface area contributed by atoms with Gasteiger partial charge in [-0.1, -0.05) is 35.3 Å². The predicted octanol–water partition coefficient (Wildman–Crippen LogP) is 5.76. The third-order valence-corrected chi connectivity index (χ3v) is 9.18. The zero-order valence-electron chi connectivity index (χ0n) is 25.3. The zero-order valence-corrected chi connectivity index (χ0v) is 27.6. The summed E-state index contributed by atoms with van der Waals surface area (Å²) in [6, 6.07) is 13.2. The summed E-state index contributed by atoms with van der Waals surface area (Å²) < 4.78 is 40.1. The first kappa shape index (κ1) is 34.0. The number of anilines is 1. The van der Waals surface area contributed by atoms with E-state index in [0.29, 0.717) is 21.4 Å². The van der Waals surface area contributed by atoms with Gasteiger partial charge in [-0.15, -0.1) is 0 Å². The van der Waals surface area contributed by atoms with Gasteiger partial charge in [-0.3, -0.25) is 13.9 Å². The summed E-state index contributed by atoms with van der Waals surface area (Å²) in [6.45, 7) is 8.12. The van der Waals surface area contributed by atoms with E-state index < -0.39 is 34.4 Å². The Balaban J connectivity index is 2.15. The summed E-state index contributed by atoms with van der Waals surface area (Å²) in [7, 11) is -1.48. The van der Waals surface area contributed by atoms with Crippen molar-refractivity contribution in [1.29, 1.82) is 0 Å². The molecule has 3 rings (SSSR count). The SMILES string of the molecule is COc1ccc(S(=O)(=O)N(CC(=O)N(Cc2c(Cl)cccc2Cl)[C@@H](C)C(=O)NC(C)C)c2cc(C)cc(C)c2)cc1OC. The monoisotopic (exact) mass is 649 g/mol. The smallest absolute Gasteiger partial charge is 0.264 e. The molecule has 0 aliphatic carbocycles. The van der Waals surface area contributed by atoms with Gasteiger partial charge < -0.3 is 19.7 Å². The van der Waals surface area contributed by atoms with E-state index in [2.05, 4.69) is 5.32 Å². The summed E-state index contributed by atoms with van der Waals surface area (Å²) >= 11 is 12.9. The summed E-state index contributed by atoms with van der Waals surface area (Å²) in [6.07, 6.45) is 0. The Kier molecular flexibility index (Phi) is 11.3. The number of carbonyl (C=O) groups is 2. The highest BCUT2D eigenvalue weighted by Crippen LogP contribution is 2.33. The largest absolute Gasteiger partial charge is 0.493 e. The lowest BCUT2D eigenvalue weighted by Crippen LogP contribution is -2.52. The van der Waals surface area contributed by atoms with Gasteiger partial charge in [0, 0.05) is 34.3 Å². The molecule has 3 aromatic rings. The van der Waals surface area contributed by atoms with E-state index in [1.807, 2.05) is 19.9 Å². The van der Waals surface area contributed by atoms with E-state index in [-0.39, 0.29) is 28.9 Å². The second-order valence-electron chi connectivity index (χ2n) is 10.4. The van der Waals surface area contributed by atoms with Crippen LogP contribution < -0.4 is 19.1 Å². The Labute approximate surface area is 263 Å². The fourth-order valence-electron chi connectivity index (χ4n) is 4.57. The average molecular weight is 651 g/mol. The van der Waals surface area contributed by atoms with Crippen LogP contribution >= 0.6 is 23.2 Å². The van der Waals surface area contributed by atoms with Crippen molar-refractivity contribution < 1.29 is 27.5 Å². The summed E-state index contributed by atoms with van der Waals surface area (Å²) in [5.74, 6) is -0.481. The van der Waals surface area contributed by atoms with Crippen LogP contribution in [0.5, 0.6) is 11.5 Å². The Bertz CT molecular complexity index is 1560. The van der Waals surface area contributed by atoms with Crippen molar-refractivity contribution in [2.45, 2.75) is 58.1 Å². The zero-order chi connectivity index (χ0) is 32.1. The molecule has 43 heavy (non-hydrogen) atoms. The third kappa shape index (κ3) is 8.13. The molecule has 0 aliphatic rings. The average Bonchev–Trinajstić information content (AvgIpc) is 2.93. The van der Waals surface area contributed by atoms with Gasteiger partial charge in [0.05, 0.1) is 24.8 Å². The maximum absolute atomic E-state index is 14.2. The van der Waals surface area contributed by atoms with Crippen molar-refractivity contribution in [2.75, 3.05) is 25.1 Å². The summed E-state index contributed by atoms with van der Waals surface area (Å²) in [5.41, 5.74) is 2.33. The van der Waals surface area contributed by atoms with Crippen LogP contribution in [0.2, 0.25) is 10.0 Å². The fraction of sp³-hybridized carbons (Fsp3) is 0.355. The van der Waals surface area contributed by atoms with E-state index in [9.17, 15) is 18.0 Å². The number of rotatable bonds is 12. The Hall–Kier alpha value is -3.47. The molecule has 0 heterocycles. The van der Waals surface area contributed by atoms with Gasteiger partial charge in [0.2, 0.25) is 11.8 Å². The molecule has 0 spiro atoms. The molecule has 12 heteroatoms. The molecule has 0 bridgehead atoms. The van der Waals surface area contributed by atoms with E-state index in [1.165, 1.54) is 37.3 Å². The molecule has 0 aliphatic heterocycles. The van der Waals surface area contributed by atoms with Crippen LogP contribution in [0.3, 0.4) is 0 Å². The molecule has 0 unspecified atom stereocenters. The molecule has 3 aromatic carbocycles. The highest BCUT2D eigenvalue weighted by Gasteiger charge is 2.34. The number of nitrogens with zero attached hydrogens (tertiary/aromatic N) is 2. The number of hydrogen-bond acceptors (Lipinski definition) is 6. The molecular formula is C31H37Cl2N3O6S. The van der Waals surface area contributed by atoms with Crippen molar-refractivity contribution >= 4 is 50.7 Å². The standard InChI is InChI=1S/C31H37Cl2N3O6S/c1-19(2)34-31(38)22(5)35(17-25-26(32)9-8-10-27(25)33)30(37)18-36(23-14-20(3)13-21(4)15-23)43(39,40)24-11-12-28(41-6)29(16-24)42-7/h8-16,19,22H,17-18H2,1-7H3,(H,34,38)/t22-/m0/s1. The van der Waals surface area contributed by atoms with E-state index >= 15 is 0 Å². The van der Waals surface area contributed by atoms with Crippen molar-refractivity contribution in [3.05, 3.63) is 81.3 Å².